The predicted octanol–water partition coefficient (Wildman–Crippen LogP) is 1.98. The van der Waals surface area contributed by atoms with E-state index in [9.17, 15) is 15.2 Å². The molecule has 29 heavy (non-hydrogen) atoms. The number of nitrogens with one attached hydrogen (secondary N) is 1. The summed E-state index contributed by atoms with van der Waals surface area (Å²) in [5, 5.41) is 23.6. The zero-order valence-electron chi connectivity index (χ0n) is 17.5. The molecule has 2 N–H and O–H groups in total. The maximum atomic E-state index is 12.1. The fourth-order valence-electron chi connectivity index (χ4n) is 4.73. The van der Waals surface area contributed by atoms with E-state index >= 15 is 0 Å². The van der Waals surface area contributed by atoms with Crippen LogP contribution in [0.5, 0.6) is 0 Å². The number of aryl methyl sites for hydroxylation is 2. The van der Waals surface area contributed by atoms with E-state index in [1.807, 2.05) is 19.9 Å². The van der Waals surface area contributed by atoms with Crippen LogP contribution in [0.25, 0.3) is 0 Å². The number of carbonyl (C=O) groups is 1. The fourth-order valence-corrected chi connectivity index (χ4v) is 4.73. The molecule has 0 aromatic carbocycles. The minimum atomic E-state index is -0.999. The molecule has 7 heteroatoms. The van der Waals surface area contributed by atoms with Gasteiger partial charge in [0.25, 0.3) is 0 Å². The van der Waals surface area contributed by atoms with Crippen LogP contribution in [0.2, 0.25) is 0 Å². The molecule has 1 aromatic rings. The molecular formula is C22H30N4O3. The lowest BCUT2D eigenvalue weighted by atomic mass is 9.75. The average Bonchev–Trinajstić information content (AvgIpc) is 3.49. The van der Waals surface area contributed by atoms with Gasteiger partial charge in [-0.15, -0.1) is 0 Å². The van der Waals surface area contributed by atoms with Crippen LogP contribution < -0.4 is 10.2 Å². The lowest BCUT2D eigenvalue weighted by Gasteiger charge is -2.51. The summed E-state index contributed by atoms with van der Waals surface area (Å²) >= 11 is 0. The van der Waals surface area contributed by atoms with Gasteiger partial charge in [-0.25, -0.2) is 4.98 Å². The Bertz CT molecular complexity index is 848. The van der Waals surface area contributed by atoms with Crippen molar-refractivity contribution in [2.45, 2.75) is 70.1 Å². The van der Waals surface area contributed by atoms with Gasteiger partial charge in [0.2, 0.25) is 5.91 Å². The number of rotatable bonds is 3. The minimum Gasteiger partial charge on any atom is -0.388 e. The molecule has 1 saturated carbocycles. The van der Waals surface area contributed by atoms with Crippen molar-refractivity contribution in [3.8, 4) is 6.07 Å². The van der Waals surface area contributed by atoms with E-state index in [0.29, 0.717) is 18.6 Å². The minimum absolute atomic E-state index is 0.0366. The van der Waals surface area contributed by atoms with Crippen molar-refractivity contribution in [3.05, 3.63) is 22.9 Å². The van der Waals surface area contributed by atoms with Crippen LogP contribution in [0.3, 0.4) is 0 Å². The number of aliphatic hydroxyl groups is 1. The lowest BCUT2D eigenvalue weighted by Crippen LogP contribution is -2.64. The van der Waals surface area contributed by atoms with Crippen molar-refractivity contribution in [2.24, 2.45) is 5.92 Å². The van der Waals surface area contributed by atoms with E-state index in [0.717, 1.165) is 55.8 Å². The number of amides is 1. The van der Waals surface area contributed by atoms with Crippen LogP contribution in [0.4, 0.5) is 5.82 Å². The molecule has 2 aliphatic heterocycles. The predicted molar refractivity (Wildman–Crippen MR) is 108 cm³/mol. The van der Waals surface area contributed by atoms with Crippen molar-refractivity contribution in [1.29, 1.82) is 5.26 Å². The molecule has 3 heterocycles. The highest BCUT2D eigenvalue weighted by Crippen LogP contribution is 2.41. The van der Waals surface area contributed by atoms with E-state index in [1.54, 1.807) is 6.92 Å². The molecule has 1 spiro atoms. The molecule has 1 amide bonds. The van der Waals surface area contributed by atoms with Crippen LogP contribution in [-0.4, -0.2) is 52.9 Å². The Morgan fingerprint density at radius 2 is 2.07 bits per heavy atom. The molecule has 2 atom stereocenters. The highest BCUT2D eigenvalue weighted by atomic mass is 16.5. The van der Waals surface area contributed by atoms with Gasteiger partial charge in [-0.1, -0.05) is 0 Å². The third kappa shape index (κ3) is 3.96. The van der Waals surface area contributed by atoms with Crippen molar-refractivity contribution < 1.29 is 14.6 Å². The number of hydrogen-bond acceptors (Lipinski definition) is 6. The van der Waals surface area contributed by atoms with Crippen molar-refractivity contribution in [2.75, 3.05) is 24.6 Å². The summed E-state index contributed by atoms with van der Waals surface area (Å²) in [6.07, 6.45) is 3.89. The summed E-state index contributed by atoms with van der Waals surface area (Å²) in [4.78, 5) is 18.9. The second kappa shape index (κ2) is 7.26. The van der Waals surface area contributed by atoms with E-state index < -0.39 is 11.2 Å². The van der Waals surface area contributed by atoms with E-state index in [2.05, 4.69) is 21.3 Å². The Labute approximate surface area is 172 Å². The molecule has 3 fully saturated rings. The summed E-state index contributed by atoms with van der Waals surface area (Å²) in [6.45, 7) is 7.47. The van der Waals surface area contributed by atoms with Crippen LogP contribution in [-0.2, 0) is 9.53 Å². The monoisotopic (exact) mass is 398 g/mol. The van der Waals surface area contributed by atoms with Gasteiger partial charge in [-0.2, -0.15) is 5.26 Å². The van der Waals surface area contributed by atoms with Crippen LogP contribution >= 0.6 is 0 Å². The first-order chi connectivity index (χ1) is 13.7. The summed E-state index contributed by atoms with van der Waals surface area (Å²) in [5.74, 6) is 0.899. The quantitative estimate of drug-likeness (QED) is 0.808. The molecule has 0 unspecified atom stereocenters. The van der Waals surface area contributed by atoms with E-state index in [1.165, 1.54) is 0 Å². The number of nitriles is 1. The fraction of sp³-hybridized carbons (Fsp3) is 0.682. The summed E-state index contributed by atoms with van der Waals surface area (Å²) in [7, 11) is 0. The summed E-state index contributed by atoms with van der Waals surface area (Å²) < 4.78 is 6.26. The number of pyridine rings is 1. The summed E-state index contributed by atoms with van der Waals surface area (Å²) in [6, 6.07) is 3.86. The first-order valence-corrected chi connectivity index (χ1v) is 10.5. The highest BCUT2D eigenvalue weighted by molar-refractivity contribution is 5.81. The first-order valence-electron chi connectivity index (χ1n) is 10.5. The Morgan fingerprint density at radius 1 is 1.38 bits per heavy atom. The van der Waals surface area contributed by atoms with Crippen LogP contribution in [0, 0.1) is 31.1 Å². The van der Waals surface area contributed by atoms with Crippen LogP contribution in [0.15, 0.2) is 6.07 Å². The van der Waals surface area contributed by atoms with Gasteiger partial charge in [0, 0.05) is 31.1 Å². The normalized spacial score (nSPS) is 28.8. The molecule has 7 nitrogen and oxygen atoms in total. The zero-order valence-corrected chi connectivity index (χ0v) is 17.5. The largest absolute Gasteiger partial charge is 0.388 e. The third-order valence-electron chi connectivity index (χ3n) is 6.66. The van der Waals surface area contributed by atoms with Gasteiger partial charge >= 0.3 is 0 Å². The summed E-state index contributed by atoms with van der Waals surface area (Å²) in [5.41, 5.74) is 1.09. The number of hydrogen-bond donors (Lipinski definition) is 2. The number of aromatic nitrogens is 1. The average molecular weight is 399 g/mol. The number of ether oxygens (including phenoxy) is 1. The number of piperidine rings is 1. The maximum absolute atomic E-state index is 12.1. The Morgan fingerprint density at radius 3 is 2.66 bits per heavy atom. The van der Waals surface area contributed by atoms with Crippen molar-refractivity contribution >= 4 is 11.7 Å². The van der Waals surface area contributed by atoms with Crippen molar-refractivity contribution in [1.82, 2.24) is 10.3 Å². The Balaban J connectivity index is 1.43. The van der Waals surface area contributed by atoms with Gasteiger partial charge in [-0.3, -0.25) is 4.79 Å². The van der Waals surface area contributed by atoms with Gasteiger partial charge in [0.15, 0.2) is 0 Å². The SMILES string of the molecule is Cc1cc(C)c(C#N)c(N2CCC3(CC2)C[C@](C)(O)[C@@H](NC(=O)C2CC2)CO3)n1. The van der Waals surface area contributed by atoms with Gasteiger partial charge < -0.3 is 20.1 Å². The molecule has 2 saturated heterocycles. The molecule has 3 aliphatic rings. The molecule has 1 aromatic heterocycles. The number of nitrogens with zero attached hydrogens (tertiary/aromatic N) is 3. The smallest absolute Gasteiger partial charge is 0.223 e. The lowest BCUT2D eigenvalue weighted by molar-refractivity contribution is -0.181. The standard InChI is InChI=1S/C22H30N4O3/c1-14-10-15(2)24-19(17(14)11-23)26-8-6-22(7-9-26)13-21(3,28)18(12-29-22)25-20(27)16-4-5-16/h10,16,18,28H,4-9,12-13H2,1-3H3,(H,25,27)/t18-,21-/m0/s1. The van der Waals surface area contributed by atoms with Crippen molar-refractivity contribution in [3.63, 3.8) is 0 Å². The molecule has 156 valence electrons. The molecule has 1 aliphatic carbocycles. The topological polar surface area (TPSA) is 98.5 Å². The first kappa shape index (κ1) is 20.1. The van der Waals surface area contributed by atoms with Crippen LogP contribution in [0.1, 0.15) is 55.8 Å². The maximum Gasteiger partial charge on any atom is 0.223 e. The van der Waals surface area contributed by atoms with E-state index in [-0.39, 0.29) is 17.9 Å². The Hall–Kier alpha value is -2.17. The Kier molecular flexibility index (Phi) is 5.04. The van der Waals surface area contributed by atoms with E-state index in [4.69, 9.17) is 4.74 Å². The second-order valence-electron chi connectivity index (χ2n) is 9.24. The molecular weight excluding hydrogens is 368 g/mol. The molecule has 0 radical (unpaired) electrons. The molecule has 0 bridgehead atoms. The van der Waals surface area contributed by atoms with Gasteiger partial charge in [0.1, 0.15) is 11.9 Å². The third-order valence-corrected chi connectivity index (χ3v) is 6.66. The van der Waals surface area contributed by atoms with Gasteiger partial charge in [-0.05, 0) is 58.1 Å². The number of anilines is 1. The second-order valence-corrected chi connectivity index (χ2v) is 9.24. The highest BCUT2D eigenvalue weighted by Gasteiger charge is 2.50. The molecule has 4 rings (SSSR count). The zero-order chi connectivity index (χ0) is 20.8. The van der Waals surface area contributed by atoms with Gasteiger partial charge in [0.05, 0.1) is 29.4 Å². The number of carbonyl (C=O) groups excluding carboxylic acids is 1.